The van der Waals surface area contributed by atoms with Gasteiger partial charge in [-0.25, -0.2) is 9.67 Å². The average Bonchev–Trinajstić information content (AvgIpc) is 2.94. The predicted molar refractivity (Wildman–Crippen MR) is 101 cm³/mol. The molecule has 2 aromatic heterocycles. The van der Waals surface area contributed by atoms with Crippen molar-refractivity contribution in [3.63, 3.8) is 0 Å². The van der Waals surface area contributed by atoms with Gasteiger partial charge in [0, 0.05) is 11.8 Å². The summed E-state index contributed by atoms with van der Waals surface area (Å²) < 4.78 is 13.2. The van der Waals surface area contributed by atoms with Crippen LogP contribution in [0.4, 0.5) is 0 Å². The normalized spacial score (nSPS) is 11.1. The number of allylic oxidation sites excluding steroid dienone is 1. The van der Waals surface area contributed by atoms with Crippen molar-refractivity contribution in [2.45, 2.75) is 27.7 Å². The fraction of sp³-hybridized carbons (Fsp3) is 0.250. The van der Waals surface area contributed by atoms with E-state index in [9.17, 15) is 0 Å². The molecule has 3 rings (SSSR count). The maximum Gasteiger partial charge on any atom is 0.224 e. The lowest BCUT2D eigenvalue weighted by molar-refractivity contribution is 0.373. The molecule has 0 saturated heterocycles. The van der Waals surface area contributed by atoms with E-state index in [0.717, 1.165) is 17.0 Å². The number of ether oxygens (including phenoxy) is 2. The lowest BCUT2D eigenvalue weighted by atomic mass is 10.2. The van der Waals surface area contributed by atoms with E-state index in [0.29, 0.717) is 29.0 Å². The van der Waals surface area contributed by atoms with E-state index in [1.807, 2.05) is 64.1 Å². The maximum absolute atomic E-state index is 5.98. The van der Waals surface area contributed by atoms with Crippen LogP contribution in [0.3, 0.4) is 0 Å². The van der Waals surface area contributed by atoms with E-state index in [-0.39, 0.29) is 0 Å². The highest BCUT2D eigenvalue weighted by atomic mass is 16.5. The first kappa shape index (κ1) is 17.7. The Balaban J connectivity index is 1.97. The molecule has 6 heteroatoms. The first-order chi connectivity index (χ1) is 12.5. The molecule has 0 aliphatic carbocycles. The zero-order valence-corrected chi connectivity index (χ0v) is 15.6. The molecule has 0 aliphatic rings. The van der Waals surface area contributed by atoms with Gasteiger partial charge < -0.3 is 9.47 Å². The van der Waals surface area contributed by atoms with Gasteiger partial charge in [0.2, 0.25) is 5.88 Å². The van der Waals surface area contributed by atoms with E-state index < -0.39 is 0 Å². The van der Waals surface area contributed by atoms with Gasteiger partial charge in [0.05, 0.1) is 12.8 Å². The van der Waals surface area contributed by atoms with Crippen LogP contribution in [-0.4, -0.2) is 26.9 Å². The molecule has 0 spiro atoms. The number of rotatable bonds is 5. The summed E-state index contributed by atoms with van der Waals surface area (Å²) in [7, 11) is 1.62. The van der Waals surface area contributed by atoms with Gasteiger partial charge in [-0.3, -0.25) is 0 Å². The second-order valence-electron chi connectivity index (χ2n) is 5.96. The molecular formula is C20H22N4O2. The summed E-state index contributed by atoms with van der Waals surface area (Å²) in [5.74, 6) is 2.96. The molecule has 0 amide bonds. The molecule has 0 N–H and O–H groups in total. The molecule has 6 nitrogen and oxygen atoms in total. The van der Waals surface area contributed by atoms with Crippen molar-refractivity contribution in [3.8, 4) is 23.2 Å². The Bertz CT molecular complexity index is 960. The predicted octanol–water partition coefficient (Wildman–Crippen LogP) is 4.42. The Morgan fingerprint density at radius 3 is 2.46 bits per heavy atom. The van der Waals surface area contributed by atoms with Crippen LogP contribution in [0, 0.1) is 20.8 Å². The number of hydrogen-bond donors (Lipinski definition) is 0. The Labute approximate surface area is 153 Å². The number of benzene rings is 1. The minimum Gasteiger partial charge on any atom is -0.493 e. The molecule has 1 aromatic carbocycles. The van der Waals surface area contributed by atoms with Gasteiger partial charge in [0.15, 0.2) is 17.3 Å². The fourth-order valence-electron chi connectivity index (χ4n) is 2.72. The molecule has 0 atom stereocenters. The van der Waals surface area contributed by atoms with Gasteiger partial charge in [-0.2, -0.15) is 10.1 Å². The second-order valence-corrected chi connectivity index (χ2v) is 5.96. The first-order valence-corrected chi connectivity index (χ1v) is 8.38. The molecule has 0 aliphatic heterocycles. The summed E-state index contributed by atoms with van der Waals surface area (Å²) in [4.78, 5) is 8.85. The monoisotopic (exact) mass is 350 g/mol. The summed E-state index contributed by atoms with van der Waals surface area (Å²) in [5.41, 5.74) is 2.97. The van der Waals surface area contributed by atoms with Crippen LogP contribution in [0.1, 0.15) is 29.7 Å². The molecule has 0 unspecified atom stereocenters. The molecule has 2 heterocycles. The second kappa shape index (κ2) is 7.39. The third-order valence-corrected chi connectivity index (χ3v) is 3.79. The zero-order chi connectivity index (χ0) is 18.7. The van der Waals surface area contributed by atoms with Gasteiger partial charge in [0.1, 0.15) is 5.82 Å². The molecule has 0 saturated carbocycles. The summed E-state index contributed by atoms with van der Waals surface area (Å²) in [6.45, 7) is 7.74. The van der Waals surface area contributed by atoms with Crippen LogP contribution in [-0.2, 0) is 0 Å². The summed E-state index contributed by atoms with van der Waals surface area (Å²) >= 11 is 0. The largest absolute Gasteiger partial charge is 0.493 e. The lowest BCUT2D eigenvalue weighted by Crippen LogP contribution is -2.05. The van der Waals surface area contributed by atoms with Crippen molar-refractivity contribution in [1.82, 2.24) is 19.7 Å². The third-order valence-electron chi connectivity index (χ3n) is 3.79. The summed E-state index contributed by atoms with van der Waals surface area (Å²) in [6.07, 6.45) is 3.98. The zero-order valence-electron chi connectivity index (χ0n) is 15.6. The Hall–Kier alpha value is -3.15. The standard InChI is InChI=1S/C20H22N4O2/c1-6-7-16-8-9-17(18(11-16)25-5)26-20-12-19(21-15(4)22-20)24-14(3)10-13(2)23-24/h6-12H,1-5H3. The van der Waals surface area contributed by atoms with Crippen LogP contribution in [0.2, 0.25) is 0 Å². The van der Waals surface area contributed by atoms with E-state index in [4.69, 9.17) is 9.47 Å². The Kier molecular flexibility index (Phi) is 5.02. The quantitative estimate of drug-likeness (QED) is 0.681. The topological polar surface area (TPSA) is 62.1 Å². The van der Waals surface area contributed by atoms with Gasteiger partial charge in [0.25, 0.3) is 0 Å². The van der Waals surface area contributed by atoms with Gasteiger partial charge in [-0.1, -0.05) is 18.2 Å². The van der Waals surface area contributed by atoms with E-state index in [1.165, 1.54) is 0 Å². The van der Waals surface area contributed by atoms with Gasteiger partial charge >= 0.3 is 0 Å². The fourth-order valence-corrected chi connectivity index (χ4v) is 2.72. The van der Waals surface area contributed by atoms with Crippen molar-refractivity contribution < 1.29 is 9.47 Å². The van der Waals surface area contributed by atoms with Crippen LogP contribution >= 0.6 is 0 Å². The van der Waals surface area contributed by atoms with E-state index in [2.05, 4.69) is 15.1 Å². The highest BCUT2D eigenvalue weighted by Crippen LogP contribution is 2.32. The summed E-state index contributed by atoms with van der Waals surface area (Å²) in [5, 5.41) is 4.47. The molecule has 134 valence electrons. The smallest absolute Gasteiger partial charge is 0.224 e. The van der Waals surface area contributed by atoms with Crippen molar-refractivity contribution >= 4 is 6.08 Å². The van der Waals surface area contributed by atoms with Crippen molar-refractivity contribution in [2.75, 3.05) is 7.11 Å². The van der Waals surface area contributed by atoms with E-state index >= 15 is 0 Å². The maximum atomic E-state index is 5.98. The minimum atomic E-state index is 0.442. The Morgan fingerprint density at radius 2 is 1.81 bits per heavy atom. The number of aryl methyl sites for hydroxylation is 3. The van der Waals surface area contributed by atoms with Crippen molar-refractivity contribution in [1.29, 1.82) is 0 Å². The van der Waals surface area contributed by atoms with Crippen LogP contribution in [0.25, 0.3) is 11.9 Å². The third kappa shape index (κ3) is 3.74. The number of hydrogen-bond acceptors (Lipinski definition) is 5. The van der Waals surface area contributed by atoms with Crippen LogP contribution in [0.15, 0.2) is 36.4 Å². The summed E-state index contributed by atoms with van der Waals surface area (Å²) in [6, 6.07) is 9.53. The van der Waals surface area contributed by atoms with Gasteiger partial charge in [-0.15, -0.1) is 0 Å². The lowest BCUT2D eigenvalue weighted by Gasteiger charge is -2.12. The molecular weight excluding hydrogens is 328 g/mol. The number of aromatic nitrogens is 4. The Morgan fingerprint density at radius 1 is 1.00 bits per heavy atom. The molecule has 0 radical (unpaired) electrons. The molecule has 0 fully saturated rings. The first-order valence-electron chi connectivity index (χ1n) is 8.38. The molecule has 3 aromatic rings. The van der Waals surface area contributed by atoms with Crippen LogP contribution in [0.5, 0.6) is 17.4 Å². The van der Waals surface area contributed by atoms with Crippen molar-refractivity contribution in [3.05, 3.63) is 59.2 Å². The highest BCUT2D eigenvalue weighted by molar-refractivity contribution is 5.56. The van der Waals surface area contributed by atoms with E-state index in [1.54, 1.807) is 17.9 Å². The van der Waals surface area contributed by atoms with Gasteiger partial charge in [-0.05, 0) is 51.5 Å². The number of nitrogens with zero attached hydrogens (tertiary/aromatic N) is 4. The average molecular weight is 350 g/mol. The van der Waals surface area contributed by atoms with Crippen LogP contribution < -0.4 is 9.47 Å². The SMILES string of the molecule is CC=Cc1ccc(Oc2cc(-n3nc(C)cc3C)nc(C)n2)c(OC)c1. The molecule has 26 heavy (non-hydrogen) atoms. The molecule has 0 bridgehead atoms. The number of methoxy groups -OCH3 is 1. The highest BCUT2D eigenvalue weighted by Gasteiger charge is 2.12. The minimum absolute atomic E-state index is 0.442. The van der Waals surface area contributed by atoms with Crippen molar-refractivity contribution in [2.24, 2.45) is 0 Å².